The van der Waals surface area contributed by atoms with Crippen LogP contribution in [0.5, 0.6) is 0 Å². The van der Waals surface area contributed by atoms with Crippen molar-refractivity contribution in [2.45, 2.75) is 0 Å². The second-order valence-electron chi connectivity index (χ2n) is 4.78. The summed E-state index contributed by atoms with van der Waals surface area (Å²) < 4.78 is 2.05. The van der Waals surface area contributed by atoms with Crippen molar-refractivity contribution < 1.29 is 0 Å². The van der Waals surface area contributed by atoms with E-state index < -0.39 is 0 Å². The third kappa shape index (κ3) is 2.36. The number of rotatable bonds is 2. The van der Waals surface area contributed by atoms with Crippen molar-refractivity contribution in [1.82, 2.24) is 9.32 Å². The summed E-state index contributed by atoms with van der Waals surface area (Å²) in [4.78, 5) is 4.66. The van der Waals surface area contributed by atoms with Gasteiger partial charge in [0.05, 0.1) is 11.0 Å². The van der Waals surface area contributed by atoms with Crippen LogP contribution in [0.25, 0.3) is 22.4 Å². The number of aromatic nitrogens is 2. The molecular formula is C14H9B4N2P. The first-order valence-electron chi connectivity index (χ1n) is 6.42. The van der Waals surface area contributed by atoms with E-state index in [2.05, 4.69) is 16.0 Å². The highest BCUT2D eigenvalue weighted by atomic mass is 31.1. The van der Waals surface area contributed by atoms with Crippen molar-refractivity contribution in [1.29, 1.82) is 0 Å². The van der Waals surface area contributed by atoms with Crippen LogP contribution in [0.4, 0.5) is 0 Å². The Kier molecular flexibility index (Phi) is 3.75. The predicted octanol–water partition coefficient (Wildman–Crippen LogP) is -1.05. The number of benzene rings is 2. The van der Waals surface area contributed by atoms with E-state index in [9.17, 15) is 0 Å². The van der Waals surface area contributed by atoms with Crippen molar-refractivity contribution in [2.24, 2.45) is 0 Å². The maximum atomic E-state index is 6.13. The topological polar surface area (TPSA) is 17.8 Å². The highest BCUT2D eigenvalue weighted by Gasteiger charge is 2.15. The van der Waals surface area contributed by atoms with Crippen LogP contribution in [0.1, 0.15) is 0 Å². The summed E-state index contributed by atoms with van der Waals surface area (Å²) in [7, 11) is 24.3. The molecule has 92 valence electrons. The summed E-state index contributed by atoms with van der Waals surface area (Å²) in [5.41, 5.74) is 4.52. The second kappa shape index (κ2) is 5.42. The third-order valence-corrected chi connectivity index (χ3v) is 4.30. The number of nitrogens with zero attached hydrogens (tertiary/aromatic N) is 2. The fourth-order valence-corrected chi connectivity index (χ4v) is 3.24. The van der Waals surface area contributed by atoms with Gasteiger partial charge in [0, 0.05) is 5.56 Å². The molecule has 0 fully saturated rings. The van der Waals surface area contributed by atoms with Gasteiger partial charge in [-0.2, -0.15) is 0 Å². The standard InChI is InChI=1S/C14H9B4N2P/c1-21-20-13-10(6-9(16)11(17)12(13)18)19-14(20)7-3-2-4-8(15)5-7/h2-6,21H,1H3. The smallest absolute Gasteiger partial charge is 0.144 e. The molecule has 1 atom stereocenters. The van der Waals surface area contributed by atoms with Gasteiger partial charge >= 0.3 is 0 Å². The van der Waals surface area contributed by atoms with Gasteiger partial charge in [0.15, 0.2) is 0 Å². The second-order valence-corrected chi connectivity index (χ2v) is 5.68. The lowest BCUT2D eigenvalue weighted by atomic mass is 9.72. The summed E-state index contributed by atoms with van der Waals surface area (Å²) in [5.74, 6) is 0.815. The number of hydrogen-bond donors (Lipinski definition) is 0. The first-order chi connectivity index (χ1) is 10.0. The molecule has 8 radical (unpaired) electrons. The molecule has 3 aromatic rings. The Balaban J connectivity index is 2.37. The zero-order valence-electron chi connectivity index (χ0n) is 11.6. The average Bonchev–Trinajstić information content (AvgIpc) is 2.83. The summed E-state index contributed by atoms with van der Waals surface area (Å²) in [6.45, 7) is 2.06. The summed E-state index contributed by atoms with van der Waals surface area (Å²) >= 11 is 0. The minimum atomic E-state index is 0.404. The van der Waals surface area contributed by atoms with E-state index in [1.165, 1.54) is 0 Å². The average molecular weight is 279 g/mol. The quantitative estimate of drug-likeness (QED) is 0.432. The maximum absolute atomic E-state index is 6.13. The molecule has 0 aliphatic heterocycles. The van der Waals surface area contributed by atoms with Crippen LogP contribution in [-0.4, -0.2) is 47.4 Å². The van der Waals surface area contributed by atoms with Crippen LogP contribution in [0, 0.1) is 0 Å². The van der Waals surface area contributed by atoms with Crippen LogP contribution < -0.4 is 21.9 Å². The van der Waals surface area contributed by atoms with Gasteiger partial charge in [0.2, 0.25) is 0 Å². The number of fused-ring (bicyclic) bond motifs is 1. The van der Waals surface area contributed by atoms with Gasteiger partial charge in [0.1, 0.15) is 37.2 Å². The lowest BCUT2D eigenvalue weighted by molar-refractivity contribution is 1.26. The monoisotopic (exact) mass is 280 g/mol. The first-order valence-corrected chi connectivity index (χ1v) is 7.87. The molecule has 2 aromatic carbocycles. The summed E-state index contributed by atoms with van der Waals surface area (Å²) in [6, 6.07) is 9.36. The SMILES string of the molecule is [B]c1cccc(-c2nc3cc([B])c([B])c([B])c3n2PC)c1. The molecule has 0 saturated carbocycles. The molecule has 0 bridgehead atoms. The molecule has 0 N–H and O–H groups in total. The molecule has 3 rings (SSSR count). The molecule has 1 unspecified atom stereocenters. The van der Waals surface area contributed by atoms with E-state index in [-0.39, 0.29) is 0 Å². The third-order valence-electron chi connectivity index (χ3n) is 3.42. The van der Waals surface area contributed by atoms with E-state index in [0.29, 0.717) is 30.6 Å². The Labute approximate surface area is 131 Å². The Hall–Kier alpha value is -1.40. The lowest BCUT2D eigenvalue weighted by Crippen LogP contribution is -2.39. The van der Waals surface area contributed by atoms with Gasteiger partial charge in [-0.3, -0.25) is 0 Å². The van der Waals surface area contributed by atoms with Gasteiger partial charge < -0.3 is 4.34 Å². The van der Waals surface area contributed by atoms with E-state index >= 15 is 0 Å². The van der Waals surface area contributed by atoms with Gasteiger partial charge in [-0.15, -0.1) is 10.9 Å². The van der Waals surface area contributed by atoms with Crippen LogP contribution in [0.3, 0.4) is 0 Å². The van der Waals surface area contributed by atoms with Crippen molar-refractivity contribution in [3.05, 3.63) is 30.3 Å². The van der Waals surface area contributed by atoms with E-state index in [0.717, 1.165) is 22.4 Å². The van der Waals surface area contributed by atoms with Crippen LogP contribution in [0.2, 0.25) is 0 Å². The molecule has 0 aliphatic carbocycles. The molecule has 2 nitrogen and oxygen atoms in total. The fraction of sp³-hybridized carbons (Fsp3) is 0.0714. The fourth-order valence-electron chi connectivity index (χ4n) is 2.39. The predicted molar refractivity (Wildman–Crippen MR) is 96.4 cm³/mol. The van der Waals surface area contributed by atoms with Gasteiger partial charge in [0.25, 0.3) is 0 Å². The zero-order valence-corrected chi connectivity index (χ0v) is 12.6. The Morgan fingerprint density at radius 1 is 1.05 bits per heavy atom. The molecule has 21 heavy (non-hydrogen) atoms. The number of hydrogen-bond acceptors (Lipinski definition) is 1. The first kappa shape index (κ1) is 14.5. The highest BCUT2D eigenvalue weighted by molar-refractivity contribution is 7.35. The molecule has 1 aromatic heterocycles. The van der Waals surface area contributed by atoms with E-state index in [4.69, 9.17) is 31.4 Å². The maximum Gasteiger partial charge on any atom is 0.144 e. The number of imidazole rings is 1. The molecule has 1 heterocycles. The Bertz CT molecular complexity index is 845. The van der Waals surface area contributed by atoms with Gasteiger partial charge in [-0.25, -0.2) is 4.98 Å². The zero-order chi connectivity index (χ0) is 15.1. The lowest BCUT2D eigenvalue weighted by Gasteiger charge is -2.11. The molecular weight excluding hydrogens is 270 g/mol. The summed E-state index contributed by atoms with van der Waals surface area (Å²) in [6.07, 6.45) is 0. The van der Waals surface area contributed by atoms with Gasteiger partial charge in [-0.1, -0.05) is 35.2 Å². The summed E-state index contributed by atoms with van der Waals surface area (Å²) in [5, 5.41) is 0. The molecule has 7 heteroatoms. The molecule has 0 saturated heterocycles. The molecule has 0 amide bonds. The van der Waals surface area contributed by atoms with Crippen molar-refractivity contribution in [3.63, 3.8) is 0 Å². The van der Waals surface area contributed by atoms with E-state index in [1.807, 2.05) is 24.3 Å². The van der Waals surface area contributed by atoms with Crippen molar-refractivity contribution in [2.75, 3.05) is 6.66 Å². The van der Waals surface area contributed by atoms with Crippen LogP contribution in [0.15, 0.2) is 30.3 Å². The normalized spacial score (nSPS) is 11.7. The van der Waals surface area contributed by atoms with Gasteiger partial charge in [-0.05, 0) is 21.5 Å². The van der Waals surface area contributed by atoms with Crippen LogP contribution in [-0.2, 0) is 0 Å². The minimum Gasteiger partial charge on any atom is -0.306 e. The van der Waals surface area contributed by atoms with E-state index in [1.54, 1.807) is 6.07 Å². The Morgan fingerprint density at radius 2 is 1.81 bits per heavy atom. The molecule has 0 spiro atoms. The molecule has 0 aliphatic rings. The minimum absolute atomic E-state index is 0.404. The van der Waals surface area contributed by atoms with Crippen LogP contribution >= 0.6 is 8.73 Å². The largest absolute Gasteiger partial charge is 0.306 e. The van der Waals surface area contributed by atoms with Crippen molar-refractivity contribution in [3.8, 4) is 11.4 Å². The Morgan fingerprint density at radius 3 is 2.48 bits per heavy atom. The highest BCUT2D eigenvalue weighted by Crippen LogP contribution is 2.28. The van der Waals surface area contributed by atoms with Crippen molar-refractivity contribution >= 4 is 73.0 Å².